The van der Waals surface area contributed by atoms with Gasteiger partial charge in [0.15, 0.2) is 24.1 Å². The van der Waals surface area contributed by atoms with Crippen LogP contribution in [0.3, 0.4) is 0 Å². The van der Waals surface area contributed by atoms with Gasteiger partial charge in [-0.2, -0.15) is 8.75 Å². The minimum Gasteiger partial charge on any atom is -0.337 e. The summed E-state index contributed by atoms with van der Waals surface area (Å²) in [7, 11) is 0. The Bertz CT molecular complexity index is 5980. The Balaban J connectivity index is 1.04. The molecule has 2 unspecified atom stereocenters. The monoisotopic (exact) mass is 1930 g/mol. The summed E-state index contributed by atoms with van der Waals surface area (Å²) in [5.74, 6) is 0.322. The van der Waals surface area contributed by atoms with E-state index in [2.05, 4.69) is 84.7 Å². The largest absolute Gasteiger partial charge is 0.337 e. The Morgan fingerprint density at radius 2 is 0.681 bits per heavy atom. The number of benzene rings is 3. The van der Waals surface area contributed by atoms with E-state index in [-0.39, 0.29) is 23.0 Å². The van der Waals surface area contributed by atoms with E-state index in [1.807, 2.05) is 83.3 Å². The number of Topliss-reactive ketones (excluding diaryl/α,β-unsaturated/α-hetero) is 2. The number of unbranched alkanes of at least 4 members (excludes halogenated alkanes) is 40. The second-order valence-corrected chi connectivity index (χ2v) is 45.7. The highest BCUT2D eigenvalue weighted by atomic mass is 32.1. The van der Waals surface area contributed by atoms with Gasteiger partial charge in [0.05, 0.1) is 97.0 Å². The number of hydrogen-bond donors (Lipinski definition) is 0. The van der Waals surface area contributed by atoms with Gasteiger partial charge < -0.3 is 9.13 Å². The molecular weight excluding hydrogens is 1790 g/mol. The first-order chi connectivity index (χ1) is 66.4. The Labute approximate surface area is 832 Å². The number of nitrogens with zero attached hydrogens (tertiary/aromatic N) is 8. The van der Waals surface area contributed by atoms with Crippen molar-refractivity contribution in [2.45, 2.75) is 389 Å². The van der Waals surface area contributed by atoms with Gasteiger partial charge in [-0.15, -0.1) is 68.0 Å². The van der Waals surface area contributed by atoms with Crippen molar-refractivity contribution in [2.24, 2.45) is 11.8 Å². The van der Waals surface area contributed by atoms with Crippen molar-refractivity contribution < 1.29 is 19.2 Å². The average molecular weight is 1940 g/mol. The van der Waals surface area contributed by atoms with Crippen LogP contribution in [0.15, 0.2) is 83.2 Å². The number of aryl methyl sites for hydroxylation is 2. The molecule has 2 atom stereocenters. The van der Waals surface area contributed by atoms with Gasteiger partial charge in [-0.05, 0) is 157 Å². The molecule has 0 saturated carbocycles. The number of rotatable bonds is 62. The molecule has 2 aliphatic rings. The summed E-state index contributed by atoms with van der Waals surface area (Å²) in [4.78, 5) is 68.3. The van der Waals surface area contributed by atoms with Crippen LogP contribution >= 0.6 is 79.7 Å². The van der Waals surface area contributed by atoms with Gasteiger partial charge in [-0.3, -0.25) is 19.2 Å². The van der Waals surface area contributed by atoms with Gasteiger partial charge in [-0.25, -0.2) is 20.2 Å². The third kappa shape index (κ3) is 24.5. The molecule has 0 N–H and O–H groups in total. The van der Waals surface area contributed by atoms with E-state index < -0.39 is 0 Å². The predicted octanol–water partition coefficient (Wildman–Crippen LogP) is 38.4. The van der Waals surface area contributed by atoms with E-state index in [0.29, 0.717) is 66.1 Å². The fourth-order valence-electron chi connectivity index (χ4n) is 21.5. The molecule has 2 aliphatic carbocycles. The molecule has 3 aromatic carbocycles. The maximum atomic E-state index is 15.7. The molecule has 19 heteroatoms. The molecule has 0 radical (unpaired) electrons. The van der Waals surface area contributed by atoms with Crippen LogP contribution in [0.4, 0.5) is 0 Å². The highest BCUT2D eigenvalue weighted by Gasteiger charge is 2.39. The summed E-state index contributed by atoms with van der Waals surface area (Å²) in [6.07, 6.45) is 68.1. The van der Waals surface area contributed by atoms with Crippen LogP contribution in [-0.4, -0.2) is 42.0 Å². The topological polar surface area (TPSA) is 160 Å². The molecule has 12 nitrogen and oxygen atoms in total. The Kier molecular flexibility index (Phi) is 39.7. The molecule has 14 rings (SSSR count). The van der Waals surface area contributed by atoms with Crippen LogP contribution in [0.5, 0.6) is 0 Å². The number of fused-ring (bicyclic) bond motifs is 16. The van der Waals surface area contributed by atoms with Crippen LogP contribution in [0, 0.1) is 47.6 Å². The van der Waals surface area contributed by atoms with Crippen molar-refractivity contribution >= 4 is 199 Å². The molecule has 0 bridgehead atoms. The molecule has 712 valence electrons. The molecule has 0 amide bonds. The first-order valence-corrected chi connectivity index (χ1v) is 58.1. The summed E-state index contributed by atoms with van der Waals surface area (Å²) in [5, 5.41) is 24.5. The molecule has 135 heavy (non-hydrogen) atoms. The van der Waals surface area contributed by atoms with Crippen molar-refractivity contribution in [3.63, 3.8) is 0 Å². The van der Waals surface area contributed by atoms with E-state index in [1.54, 1.807) is 22.7 Å². The Morgan fingerprint density at radius 3 is 0.978 bits per heavy atom. The first-order valence-electron chi connectivity index (χ1n) is 52.4. The molecular formula is C116H142N8O4S7. The zero-order chi connectivity index (χ0) is 94.4. The van der Waals surface area contributed by atoms with E-state index in [4.69, 9.17) is 21.9 Å². The van der Waals surface area contributed by atoms with E-state index in [1.165, 1.54) is 363 Å². The van der Waals surface area contributed by atoms with Crippen LogP contribution in [0.2, 0.25) is 0 Å². The zero-order valence-electron chi connectivity index (χ0n) is 81.5. The molecule has 0 fully saturated rings. The third-order valence-electron chi connectivity index (χ3n) is 28.9. The predicted molar refractivity (Wildman–Crippen MR) is 582 cm³/mol. The maximum Gasteiger partial charge on any atom is 0.270 e. The summed E-state index contributed by atoms with van der Waals surface area (Å²) in [5.41, 5.74) is 14.3. The van der Waals surface area contributed by atoms with Crippen molar-refractivity contribution in [3.05, 3.63) is 159 Å². The third-order valence-corrected chi connectivity index (χ3v) is 36.6. The normalized spacial score (nSPS) is 14.6. The number of allylic oxidation sites excluding steroid dienone is 6. The van der Waals surface area contributed by atoms with Crippen molar-refractivity contribution in [3.8, 4) is 33.0 Å². The summed E-state index contributed by atoms with van der Waals surface area (Å²) >= 11 is 11.5. The summed E-state index contributed by atoms with van der Waals surface area (Å²) in [6.45, 7) is 32.7. The van der Waals surface area contributed by atoms with Gasteiger partial charge in [0.1, 0.15) is 11.0 Å². The number of carbonyl (C=O) groups is 4. The fourth-order valence-corrected chi connectivity index (χ4v) is 29.6. The number of hydrogen-bond acceptors (Lipinski definition) is 15. The lowest BCUT2D eigenvalue weighted by atomic mass is 9.93. The number of thiophene rings is 6. The van der Waals surface area contributed by atoms with E-state index in [0.717, 1.165) is 144 Å². The Hall–Kier alpha value is -8.60. The van der Waals surface area contributed by atoms with Crippen LogP contribution in [0.1, 0.15) is 435 Å². The molecule has 0 saturated heterocycles. The van der Waals surface area contributed by atoms with Gasteiger partial charge in [0.25, 0.3) is 11.4 Å². The molecule has 0 aliphatic heterocycles. The second-order valence-electron chi connectivity index (χ2n) is 38.8. The highest BCUT2D eigenvalue weighted by molar-refractivity contribution is 7.35. The van der Waals surface area contributed by atoms with E-state index >= 15 is 9.59 Å². The van der Waals surface area contributed by atoms with Crippen molar-refractivity contribution in [1.29, 1.82) is 10.5 Å². The van der Waals surface area contributed by atoms with Crippen molar-refractivity contribution in [2.75, 3.05) is 0 Å². The number of nitriles is 2. The molecule has 12 aromatic rings. The molecule has 0 spiro atoms. The maximum absolute atomic E-state index is 15.7. The number of ketones is 2. The number of aromatic nitrogens is 4. The van der Waals surface area contributed by atoms with E-state index in [9.17, 15) is 20.1 Å². The average Bonchev–Trinajstić information content (AvgIpc) is 1.50. The summed E-state index contributed by atoms with van der Waals surface area (Å²) < 4.78 is 24.3. The minimum atomic E-state index is -0.197. The first kappa shape index (κ1) is 102. The van der Waals surface area contributed by atoms with Crippen molar-refractivity contribution in [1.82, 2.24) is 17.9 Å². The minimum absolute atomic E-state index is 0.116. The number of carbonyl (C=O) groups excluding carboxylic acids is 4. The zero-order valence-corrected chi connectivity index (χ0v) is 87.2. The second kappa shape index (κ2) is 52.4. The fraction of sp³-hybridized carbons (Fsp3) is 0.534. The quantitative estimate of drug-likeness (QED) is 0.0120. The lowest BCUT2D eigenvalue weighted by Crippen LogP contribution is -2.14. The van der Waals surface area contributed by atoms with Gasteiger partial charge >= 0.3 is 0 Å². The smallest absolute Gasteiger partial charge is 0.270 e. The van der Waals surface area contributed by atoms with Crippen LogP contribution < -0.4 is 0 Å². The lowest BCUT2D eigenvalue weighted by Gasteiger charge is -2.22. The standard InChI is InChI=1S/C116H142N8O4S7/c1-9-15-21-27-33-37-41-47-53-59-87-97(71-91-99(93(73-117)119-7)89-69-81(61-65-85(89)109(91)127)95-67-63-83(77-125)129-95)131-115-107-113(133-111(87)115)101-103-104(122-135-121-103)102-106(105(101)123(107)75-79(55-49-43-31-25-19-13-5)57-51-45-39-35-29-23-17-11-3)124(76-80(56-50-44-32-26-20-14-6)58-52-46-40-36-30-24-18-12-4)108-114(102)134-112-88(60-54-48-42-38-34-28-22-16-10-2)98(132-116(108)112)72-92-100(94(74-118)120-8)90-70-82(62-66-86(90)110(92)128)96-68-64-84(78-126)130-96/h61-72,77-80H,9-60,75-76H2,1-6H3/b91-71-,92-72-,99-93+,100-94?. The van der Waals surface area contributed by atoms with Crippen LogP contribution in [-0.2, 0) is 25.9 Å². The van der Waals surface area contributed by atoms with Gasteiger partial charge in [0, 0.05) is 76.8 Å². The van der Waals surface area contributed by atoms with Gasteiger partial charge in [0.2, 0.25) is 0 Å². The van der Waals surface area contributed by atoms with Gasteiger partial charge in [-0.1, -0.05) is 336 Å². The SMILES string of the molecule is [C-]#[N+]C(C#N)=C1/C(=C/c2sc3c(sc4c5c6nsnc6c6c7sc8c(CCCCCCCCCCC)c(/C=C9\C(=O)c%10ccc(-c%11ccc(C=O)s%11)cc%10\C9=C(\C#N)[N+]#[C-])sc8c7n(CC(CCCCCCCC)CCCCCCCCCC)c6c5n(CC(CCCCCCCC)CCCCCCCCCC)c34)c2CCCCCCCCCCC)C(=O)c2ccc(-c3ccc(C=O)s3)cc21. The summed E-state index contributed by atoms with van der Waals surface area (Å²) in [6, 6.07) is 23.5. The highest BCUT2D eigenvalue weighted by Crippen LogP contribution is 2.57. The Morgan fingerprint density at radius 1 is 0.370 bits per heavy atom. The number of aldehydes is 2. The van der Waals surface area contributed by atoms with Crippen LogP contribution in [0.25, 0.3) is 126 Å². The molecule has 9 heterocycles. The lowest BCUT2D eigenvalue weighted by molar-refractivity contribution is 0.103. The molecule has 9 aromatic heterocycles.